The molecule has 0 fully saturated rings. The van der Waals surface area contributed by atoms with E-state index in [-0.39, 0.29) is 5.88 Å². The third-order valence-electron chi connectivity index (χ3n) is 5.84. The highest BCUT2D eigenvalue weighted by Crippen LogP contribution is 2.33. The number of hydrogen-bond acceptors (Lipinski definition) is 5. The van der Waals surface area contributed by atoms with Crippen molar-refractivity contribution >= 4 is 38.0 Å². The van der Waals surface area contributed by atoms with Gasteiger partial charge in [-0.2, -0.15) is 0 Å². The van der Waals surface area contributed by atoms with Crippen LogP contribution >= 0.6 is 0 Å². The maximum absolute atomic E-state index is 11.8. The fraction of sp³-hybridized carbons (Fsp3) is 0.222. The average molecular weight is 491 g/mol. The van der Waals surface area contributed by atoms with E-state index < -0.39 is 10.0 Å². The van der Waals surface area contributed by atoms with Gasteiger partial charge in [0.2, 0.25) is 10.0 Å². The van der Waals surface area contributed by atoms with Gasteiger partial charge in [0.15, 0.2) is 5.88 Å². The van der Waals surface area contributed by atoms with Crippen LogP contribution in [0.15, 0.2) is 77.8 Å². The number of rotatable bonds is 9. The predicted molar refractivity (Wildman–Crippen MR) is 143 cm³/mol. The Morgan fingerprint density at radius 1 is 1.00 bits per heavy atom. The van der Waals surface area contributed by atoms with Crippen molar-refractivity contribution in [2.24, 2.45) is 4.99 Å². The lowest BCUT2D eigenvalue weighted by molar-refractivity contribution is 0.296. The van der Waals surface area contributed by atoms with Crippen LogP contribution in [-0.2, 0) is 16.6 Å². The van der Waals surface area contributed by atoms with Gasteiger partial charge in [-0.05, 0) is 49.0 Å². The SMILES string of the molecule is CCN(CC)Cc1ccc(N=C(c2ccccc2)c2c(O)[nH]c3ccc(NS(C)(=O)=O)cc23)cc1. The summed E-state index contributed by atoms with van der Waals surface area (Å²) in [4.78, 5) is 10.3. The third-order valence-corrected chi connectivity index (χ3v) is 6.45. The topological polar surface area (TPSA) is 97.8 Å². The Morgan fingerprint density at radius 3 is 2.31 bits per heavy atom. The van der Waals surface area contributed by atoms with E-state index in [2.05, 4.69) is 40.6 Å². The molecule has 1 aromatic heterocycles. The molecule has 0 aliphatic rings. The van der Waals surface area contributed by atoms with Crippen molar-refractivity contribution in [2.75, 3.05) is 24.1 Å². The van der Waals surface area contributed by atoms with Crippen molar-refractivity contribution in [3.63, 3.8) is 0 Å². The summed E-state index contributed by atoms with van der Waals surface area (Å²) in [6.07, 6.45) is 1.10. The summed E-state index contributed by atoms with van der Waals surface area (Å²) < 4.78 is 26.0. The first-order valence-electron chi connectivity index (χ1n) is 11.6. The van der Waals surface area contributed by atoms with Crippen LogP contribution in [0.1, 0.15) is 30.5 Å². The highest BCUT2D eigenvalue weighted by Gasteiger charge is 2.19. The fourth-order valence-electron chi connectivity index (χ4n) is 4.07. The van der Waals surface area contributed by atoms with E-state index in [1.165, 1.54) is 5.56 Å². The van der Waals surface area contributed by atoms with E-state index in [1.54, 1.807) is 18.2 Å². The van der Waals surface area contributed by atoms with Crippen LogP contribution < -0.4 is 4.72 Å². The number of benzene rings is 3. The molecule has 4 aromatic rings. The van der Waals surface area contributed by atoms with Crippen molar-refractivity contribution in [1.29, 1.82) is 0 Å². The van der Waals surface area contributed by atoms with E-state index in [0.29, 0.717) is 27.9 Å². The van der Waals surface area contributed by atoms with Crippen LogP contribution in [0.25, 0.3) is 10.9 Å². The van der Waals surface area contributed by atoms with Crippen LogP contribution in [0.2, 0.25) is 0 Å². The first kappa shape index (κ1) is 24.5. The molecule has 0 amide bonds. The first-order chi connectivity index (χ1) is 16.8. The quantitative estimate of drug-likeness (QED) is 0.279. The Hall–Kier alpha value is -3.62. The number of aromatic hydroxyl groups is 1. The molecule has 0 bridgehead atoms. The molecule has 3 N–H and O–H groups in total. The number of nitrogens with one attached hydrogen (secondary N) is 2. The zero-order valence-corrected chi connectivity index (χ0v) is 20.9. The zero-order valence-electron chi connectivity index (χ0n) is 20.1. The number of hydrogen-bond donors (Lipinski definition) is 3. The second-order valence-electron chi connectivity index (χ2n) is 8.44. The molecule has 0 saturated heterocycles. The maximum atomic E-state index is 11.8. The van der Waals surface area contributed by atoms with E-state index in [0.717, 1.165) is 37.1 Å². The van der Waals surface area contributed by atoms with Gasteiger partial charge in [0.05, 0.1) is 23.2 Å². The summed E-state index contributed by atoms with van der Waals surface area (Å²) in [5, 5.41) is 11.5. The number of nitrogens with zero attached hydrogens (tertiary/aromatic N) is 2. The van der Waals surface area contributed by atoms with E-state index >= 15 is 0 Å². The predicted octanol–water partition coefficient (Wildman–Crippen LogP) is 5.26. The highest BCUT2D eigenvalue weighted by molar-refractivity contribution is 7.92. The van der Waals surface area contributed by atoms with Gasteiger partial charge in [0.1, 0.15) is 0 Å². The number of H-pyrrole nitrogens is 1. The number of aromatic nitrogens is 1. The lowest BCUT2D eigenvalue weighted by Gasteiger charge is -2.17. The summed E-state index contributed by atoms with van der Waals surface area (Å²) in [7, 11) is -3.45. The molecule has 7 nitrogen and oxygen atoms in total. The van der Waals surface area contributed by atoms with E-state index in [9.17, 15) is 13.5 Å². The van der Waals surface area contributed by atoms with E-state index in [4.69, 9.17) is 4.99 Å². The zero-order chi connectivity index (χ0) is 25.0. The minimum absolute atomic E-state index is 0.0303. The van der Waals surface area contributed by atoms with E-state index in [1.807, 2.05) is 42.5 Å². The molecule has 0 spiro atoms. The van der Waals surface area contributed by atoms with Gasteiger partial charge in [0, 0.05) is 28.7 Å². The molecule has 35 heavy (non-hydrogen) atoms. The van der Waals surface area contributed by atoms with Crippen LogP contribution in [0.3, 0.4) is 0 Å². The molecule has 182 valence electrons. The molecule has 0 aliphatic heterocycles. The Kier molecular flexibility index (Phi) is 7.23. The van der Waals surface area contributed by atoms with Crippen molar-refractivity contribution < 1.29 is 13.5 Å². The first-order valence-corrected chi connectivity index (χ1v) is 13.4. The van der Waals surface area contributed by atoms with Crippen LogP contribution in [0.5, 0.6) is 5.88 Å². The van der Waals surface area contributed by atoms with Crippen LogP contribution in [0, 0.1) is 0 Å². The van der Waals surface area contributed by atoms with Crippen molar-refractivity contribution in [3.05, 3.63) is 89.5 Å². The van der Waals surface area contributed by atoms with Gasteiger partial charge < -0.3 is 10.1 Å². The van der Waals surface area contributed by atoms with Crippen LogP contribution in [0.4, 0.5) is 11.4 Å². The average Bonchev–Trinajstić information content (AvgIpc) is 3.16. The fourth-order valence-corrected chi connectivity index (χ4v) is 4.62. The Labute approximate surface area is 206 Å². The number of aliphatic imine (C=N–C) groups is 1. The van der Waals surface area contributed by atoms with Gasteiger partial charge in [-0.15, -0.1) is 0 Å². The summed E-state index contributed by atoms with van der Waals surface area (Å²) in [5.74, 6) is -0.0303. The summed E-state index contributed by atoms with van der Waals surface area (Å²) in [5.41, 5.74) is 4.98. The normalized spacial score (nSPS) is 12.4. The van der Waals surface area contributed by atoms with Crippen molar-refractivity contribution in [3.8, 4) is 5.88 Å². The van der Waals surface area contributed by atoms with Gasteiger partial charge in [-0.25, -0.2) is 13.4 Å². The van der Waals surface area contributed by atoms with Crippen molar-refractivity contribution in [1.82, 2.24) is 9.88 Å². The second kappa shape index (κ2) is 10.3. The number of sulfonamides is 1. The molecular weight excluding hydrogens is 460 g/mol. The van der Waals surface area contributed by atoms with Crippen molar-refractivity contribution in [2.45, 2.75) is 20.4 Å². The Morgan fingerprint density at radius 2 is 1.69 bits per heavy atom. The molecular formula is C27H30N4O3S. The van der Waals surface area contributed by atoms with Gasteiger partial charge in [-0.1, -0.05) is 56.3 Å². The highest BCUT2D eigenvalue weighted by atomic mass is 32.2. The van der Waals surface area contributed by atoms with Gasteiger partial charge in [-0.3, -0.25) is 9.62 Å². The molecule has 0 aliphatic carbocycles. The monoisotopic (exact) mass is 490 g/mol. The number of fused-ring (bicyclic) bond motifs is 1. The van der Waals surface area contributed by atoms with Gasteiger partial charge >= 0.3 is 0 Å². The lowest BCUT2D eigenvalue weighted by Crippen LogP contribution is -2.21. The third kappa shape index (κ3) is 5.90. The molecule has 0 unspecified atom stereocenters. The van der Waals surface area contributed by atoms with Crippen LogP contribution in [-0.4, -0.2) is 48.5 Å². The minimum Gasteiger partial charge on any atom is -0.494 e. The van der Waals surface area contributed by atoms with Gasteiger partial charge in [0.25, 0.3) is 0 Å². The summed E-state index contributed by atoms with van der Waals surface area (Å²) >= 11 is 0. The molecule has 3 aromatic carbocycles. The largest absolute Gasteiger partial charge is 0.494 e. The molecule has 0 saturated carbocycles. The number of anilines is 1. The standard InChI is InChI=1S/C27H30N4O3S/c1-4-31(5-2)18-19-11-13-21(14-12-19)28-26(20-9-7-6-8-10-20)25-23-17-22(30-35(3,33)34)15-16-24(23)29-27(25)32/h6-17,29-30,32H,4-5,18H2,1-3H3. The molecule has 8 heteroatoms. The minimum atomic E-state index is -3.45. The second-order valence-corrected chi connectivity index (χ2v) is 10.2. The summed E-state index contributed by atoms with van der Waals surface area (Å²) in [6.45, 7) is 7.16. The molecule has 0 atom stereocenters. The Bertz CT molecular complexity index is 1440. The number of aromatic amines is 1. The maximum Gasteiger partial charge on any atom is 0.229 e. The molecule has 1 heterocycles. The molecule has 4 rings (SSSR count). The Balaban J connectivity index is 1.82. The smallest absolute Gasteiger partial charge is 0.229 e. The molecule has 0 radical (unpaired) electrons. The summed E-state index contributed by atoms with van der Waals surface area (Å²) in [6, 6.07) is 22.8. The lowest BCUT2D eigenvalue weighted by atomic mass is 10.0.